The van der Waals surface area contributed by atoms with E-state index in [1.807, 2.05) is 26.3 Å². The molecule has 0 aliphatic carbocycles. The van der Waals surface area contributed by atoms with Crippen molar-refractivity contribution in [1.82, 2.24) is 20.0 Å². The normalized spacial score (nSPS) is 19.0. The lowest BCUT2D eigenvalue weighted by molar-refractivity contribution is -0.0972. The molecule has 0 radical (unpaired) electrons. The molecule has 144 valence electrons. The first-order valence-electron chi connectivity index (χ1n) is 9.11. The molecular formula is C19H25N5O3. The van der Waals surface area contributed by atoms with Crippen molar-refractivity contribution in [2.75, 3.05) is 26.9 Å². The van der Waals surface area contributed by atoms with Crippen LogP contribution in [0.5, 0.6) is 0 Å². The molecule has 0 saturated carbocycles. The minimum atomic E-state index is 0.416. The highest BCUT2D eigenvalue weighted by Gasteiger charge is 2.36. The van der Waals surface area contributed by atoms with Crippen molar-refractivity contribution in [1.29, 1.82) is 0 Å². The van der Waals surface area contributed by atoms with E-state index in [1.165, 1.54) is 0 Å². The third kappa shape index (κ3) is 2.90. The van der Waals surface area contributed by atoms with Gasteiger partial charge in [0.15, 0.2) is 0 Å². The number of likely N-dealkylation sites (N-methyl/N-ethyl adjacent to an activating group) is 1. The van der Waals surface area contributed by atoms with E-state index in [0.29, 0.717) is 13.3 Å². The van der Waals surface area contributed by atoms with Crippen LogP contribution in [0.25, 0.3) is 0 Å². The second kappa shape index (κ2) is 6.77. The summed E-state index contributed by atoms with van der Waals surface area (Å²) in [6, 6.07) is 0. The molecule has 1 aromatic heterocycles. The Labute approximate surface area is 159 Å². The number of rotatable bonds is 5. The molecule has 0 unspecified atom stereocenters. The fourth-order valence-electron chi connectivity index (χ4n) is 3.62. The number of ether oxygens (including phenoxy) is 1. The minimum Gasteiger partial charge on any atom is -0.486 e. The second-order valence-electron chi connectivity index (χ2n) is 6.87. The average Bonchev–Trinajstić information content (AvgIpc) is 3.23. The van der Waals surface area contributed by atoms with Gasteiger partial charge < -0.3 is 19.1 Å². The van der Waals surface area contributed by atoms with Gasteiger partial charge >= 0.3 is 0 Å². The van der Waals surface area contributed by atoms with Gasteiger partial charge in [-0.25, -0.2) is 10.1 Å². The quantitative estimate of drug-likeness (QED) is 0.788. The topological polar surface area (TPSA) is 66.6 Å². The SMILES string of the molecule is CCN1CC(C)=C(OCc2c(C)noc2C)C2=C1N1CN(OC)C=C1C=N2. The highest BCUT2D eigenvalue weighted by atomic mass is 16.7. The maximum atomic E-state index is 6.26. The molecule has 0 amide bonds. The predicted molar refractivity (Wildman–Crippen MR) is 99.9 cm³/mol. The highest BCUT2D eigenvalue weighted by Crippen LogP contribution is 2.37. The molecule has 0 spiro atoms. The van der Waals surface area contributed by atoms with Crippen LogP contribution in [-0.4, -0.2) is 53.1 Å². The van der Waals surface area contributed by atoms with Gasteiger partial charge in [-0.05, 0) is 33.3 Å². The van der Waals surface area contributed by atoms with Gasteiger partial charge in [0.25, 0.3) is 0 Å². The van der Waals surface area contributed by atoms with Gasteiger partial charge in [0.2, 0.25) is 0 Å². The van der Waals surface area contributed by atoms with E-state index in [1.54, 1.807) is 12.2 Å². The van der Waals surface area contributed by atoms with Gasteiger partial charge in [0.05, 0.1) is 36.5 Å². The molecular weight excluding hydrogens is 346 g/mol. The monoisotopic (exact) mass is 371 g/mol. The summed E-state index contributed by atoms with van der Waals surface area (Å²) >= 11 is 0. The number of aryl methyl sites for hydroxylation is 2. The summed E-state index contributed by atoms with van der Waals surface area (Å²) in [5, 5.41) is 5.80. The number of allylic oxidation sites excluding steroid dienone is 1. The van der Waals surface area contributed by atoms with Crippen LogP contribution in [0.15, 0.2) is 44.3 Å². The third-order valence-corrected chi connectivity index (χ3v) is 5.15. The van der Waals surface area contributed by atoms with E-state index in [2.05, 4.69) is 28.8 Å². The molecule has 0 bridgehead atoms. The van der Waals surface area contributed by atoms with Crippen molar-refractivity contribution in [2.45, 2.75) is 34.3 Å². The van der Waals surface area contributed by atoms with Crippen molar-refractivity contribution >= 4 is 6.21 Å². The Morgan fingerprint density at radius 2 is 2.07 bits per heavy atom. The maximum Gasteiger partial charge on any atom is 0.149 e. The summed E-state index contributed by atoms with van der Waals surface area (Å²) in [5.41, 5.74) is 4.89. The highest BCUT2D eigenvalue weighted by molar-refractivity contribution is 5.82. The standard InChI is InChI=1S/C19H25N5O3/c1-6-22-8-12(2)18(26-10-16-13(3)21-27-14(16)4)17-19(22)24-11-23(25-5)9-15(24)7-20-17/h7,9H,6,8,10-11H2,1-5H3. The van der Waals surface area contributed by atoms with Crippen LogP contribution in [0.2, 0.25) is 0 Å². The minimum absolute atomic E-state index is 0.416. The van der Waals surface area contributed by atoms with Gasteiger partial charge in [-0.1, -0.05) is 5.16 Å². The fraction of sp³-hybridized carbons (Fsp3) is 0.474. The smallest absolute Gasteiger partial charge is 0.149 e. The van der Waals surface area contributed by atoms with E-state index in [0.717, 1.165) is 58.7 Å². The number of nitrogens with zero attached hydrogens (tertiary/aromatic N) is 5. The zero-order valence-corrected chi connectivity index (χ0v) is 16.4. The number of hydrogen-bond acceptors (Lipinski definition) is 8. The third-order valence-electron chi connectivity index (χ3n) is 5.15. The summed E-state index contributed by atoms with van der Waals surface area (Å²) < 4.78 is 11.5. The lowest BCUT2D eigenvalue weighted by atomic mass is 10.1. The van der Waals surface area contributed by atoms with E-state index in [4.69, 9.17) is 19.1 Å². The summed E-state index contributed by atoms with van der Waals surface area (Å²) in [6.45, 7) is 10.8. The summed E-state index contributed by atoms with van der Waals surface area (Å²) in [4.78, 5) is 14.6. The Bertz CT molecular complexity index is 860. The Morgan fingerprint density at radius 3 is 2.74 bits per heavy atom. The molecule has 8 nitrogen and oxygen atoms in total. The number of fused-ring (bicyclic) bond motifs is 2. The van der Waals surface area contributed by atoms with Gasteiger partial charge in [0, 0.05) is 13.1 Å². The lowest BCUT2D eigenvalue weighted by Crippen LogP contribution is -2.42. The van der Waals surface area contributed by atoms with Crippen LogP contribution in [-0.2, 0) is 16.2 Å². The largest absolute Gasteiger partial charge is 0.486 e. The van der Waals surface area contributed by atoms with E-state index >= 15 is 0 Å². The van der Waals surface area contributed by atoms with Crippen molar-refractivity contribution < 1.29 is 14.1 Å². The van der Waals surface area contributed by atoms with Crippen LogP contribution >= 0.6 is 0 Å². The average molecular weight is 371 g/mol. The van der Waals surface area contributed by atoms with Crippen LogP contribution in [0.3, 0.4) is 0 Å². The predicted octanol–water partition coefficient (Wildman–Crippen LogP) is 2.65. The zero-order valence-electron chi connectivity index (χ0n) is 16.4. The zero-order chi connectivity index (χ0) is 19.1. The van der Waals surface area contributed by atoms with Crippen molar-refractivity contribution in [3.05, 3.63) is 51.8 Å². The molecule has 0 fully saturated rings. The second-order valence-corrected chi connectivity index (χ2v) is 6.87. The van der Waals surface area contributed by atoms with Crippen LogP contribution < -0.4 is 0 Å². The molecule has 1 aromatic rings. The molecule has 3 aliphatic rings. The number of hydrogen-bond donors (Lipinski definition) is 0. The Balaban J connectivity index is 1.67. The summed E-state index contributed by atoms with van der Waals surface area (Å²) in [5.74, 6) is 2.68. The molecule has 3 aliphatic heterocycles. The van der Waals surface area contributed by atoms with Crippen LogP contribution in [0.4, 0.5) is 0 Å². The number of aliphatic imine (C=N–C) groups is 1. The van der Waals surface area contributed by atoms with E-state index in [-0.39, 0.29) is 0 Å². The first kappa shape index (κ1) is 17.7. The van der Waals surface area contributed by atoms with Gasteiger partial charge in [-0.2, -0.15) is 0 Å². The maximum absolute atomic E-state index is 6.26. The molecule has 0 saturated heterocycles. The summed E-state index contributed by atoms with van der Waals surface area (Å²) in [6.07, 6.45) is 3.82. The van der Waals surface area contributed by atoms with Gasteiger partial charge in [-0.15, -0.1) is 0 Å². The summed E-state index contributed by atoms with van der Waals surface area (Å²) in [7, 11) is 1.67. The Hall–Kier alpha value is -2.74. The van der Waals surface area contributed by atoms with Gasteiger partial charge in [-0.3, -0.25) is 4.84 Å². The first-order valence-corrected chi connectivity index (χ1v) is 9.11. The number of hydroxylamine groups is 2. The lowest BCUT2D eigenvalue weighted by Gasteiger charge is -2.40. The molecule has 4 heterocycles. The molecule has 4 rings (SSSR count). The fourth-order valence-corrected chi connectivity index (χ4v) is 3.62. The van der Waals surface area contributed by atoms with Crippen molar-refractivity contribution in [2.24, 2.45) is 4.99 Å². The van der Waals surface area contributed by atoms with Crippen LogP contribution in [0.1, 0.15) is 30.9 Å². The number of aromatic nitrogens is 1. The molecule has 0 atom stereocenters. The molecule has 0 N–H and O–H groups in total. The Morgan fingerprint density at radius 1 is 1.26 bits per heavy atom. The van der Waals surface area contributed by atoms with Crippen LogP contribution in [0, 0.1) is 13.8 Å². The van der Waals surface area contributed by atoms with Gasteiger partial charge in [0.1, 0.15) is 36.3 Å². The van der Waals surface area contributed by atoms with Crippen molar-refractivity contribution in [3.63, 3.8) is 0 Å². The first-order chi connectivity index (χ1) is 13.0. The Kier molecular flexibility index (Phi) is 4.43. The van der Waals surface area contributed by atoms with E-state index in [9.17, 15) is 0 Å². The van der Waals surface area contributed by atoms with E-state index < -0.39 is 0 Å². The molecule has 27 heavy (non-hydrogen) atoms. The molecule has 0 aromatic carbocycles. The van der Waals surface area contributed by atoms with Crippen molar-refractivity contribution in [3.8, 4) is 0 Å². The molecule has 8 heteroatoms.